The van der Waals surface area contributed by atoms with Crippen molar-refractivity contribution < 1.29 is 10.0 Å². The highest BCUT2D eigenvalue weighted by molar-refractivity contribution is 9.10. The molecule has 19 heavy (non-hydrogen) atoms. The van der Waals surface area contributed by atoms with Gasteiger partial charge in [0, 0.05) is 17.9 Å². The van der Waals surface area contributed by atoms with E-state index < -0.39 is 7.12 Å². The molecule has 100 valence electrons. The largest absolute Gasteiger partial charge is 0.490 e. The molecule has 2 heterocycles. The second-order valence-corrected chi connectivity index (χ2v) is 5.67. The molecule has 0 fully saturated rings. The molecule has 0 aromatic carbocycles. The minimum Gasteiger partial charge on any atom is -0.423 e. The van der Waals surface area contributed by atoms with Crippen LogP contribution in [0.1, 0.15) is 0 Å². The third-order valence-corrected chi connectivity index (χ3v) is 3.26. The molecule has 2 aromatic rings. The van der Waals surface area contributed by atoms with Crippen LogP contribution < -0.4 is 5.46 Å². The molecule has 0 unspecified atom stereocenters. The first-order valence-electron chi connectivity index (χ1n) is 4.84. The predicted octanol–water partition coefficient (Wildman–Crippen LogP) is 2.67. The van der Waals surface area contributed by atoms with Gasteiger partial charge in [-0.25, -0.2) is 9.97 Å². The standard InChI is InChI=1S/C5H4BBrClNO2.C5H3BrClN/c7-5-1-3(6(10)11)4(8)2-9-5;6-5-2-1-4(7)3-8-5/h1-2,10-11H;1-3H. The SMILES string of the molecule is Clc1ccc(Br)nc1.OB(O)c1cc(Br)ncc1Cl. The van der Waals surface area contributed by atoms with Crippen molar-refractivity contribution in [3.05, 3.63) is 49.8 Å². The maximum Gasteiger partial charge on any atom is 0.490 e. The van der Waals surface area contributed by atoms with Gasteiger partial charge in [-0.05, 0) is 50.1 Å². The molecular formula is C10H7BBr2Cl2N2O2. The summed E-state index contributed by atoms with van der Waals surface area (Å²) in [6.45, 7) is 0. The Labute approximate surface area is 137 Å². The Bertz CT molecular complexity index is 523. The average Bonchev–Trinajstić information content (AvgIpc) is 2.36. The molecule has 0 radical (unpaired) electrons. The van der Waals surface area contributed by atoms with E-state index in [4.69, 9.17) is 33.2 Å². The molecule has 0 atom stereocenters. The Morgan fingerprint density at radius 1 is 1.00 bits per heavy atom. The molecule has 0 aliphatic carbocycles. The molecule has 2 aromatic heterocycles. The van der Waals surface area contributed by atoms with Crippen molar-refractivity contribution >= 4 is 67.6 Å². The van der Waals surface area contributed by atoms with E-state index in [1.807, 2.05) is 0 Å². The molecule has 0 aliphatic heterocycles. The summed E-state index contributed by atoms with van der Waals surface area (Å²) in [7, 11) is -1.55. The van der Waals surface area contributed by atoms with Crippen LogP contribution in [0, 0.1) is 0 Å². The number of hydrogen-bond acceptors (Lipinski definition) is 4. The van der Waals surface area contributed by atoms with Crippen LogP contribution in [0.5, 0.6) is 0 Å². The third kappa shape index (κ3) is 6.20. The predicted molar refractivity (Wildman–Crippen MR) is 83.7 cm³/mol. The van der Waals surface area contributed by atoms with Gasteiger partial charge in [0.15, 0.2) is 0 Å². The lowest BCUT2D eigenvalue weighted by Crippen LogP contribution is -2.30. The van der Waals surface area contributed by atoms with Gasteiger partial charge < -0.3 is 10.0 Å². The fraction of sp³-hybridized carbons (Fsp3) is 0. The van der Waals surface area contributed by atoms with Crippen LogP contribution in [0.25, 0.3) is 0 Å². The molecule has 0 amide bonds. The topological polar surface area (TPSA) is 66.2 Å². The normalized spacial score (nSPS) is 9.58. The van der Waals surface area contributed by atoms with E-state index in [-0.39, 0.29) is 10.5 Å². The van der Waals surface area contributed by atoms with Crippen molar-refractivity contribution in [2.24, 2.45) is 0 Å². The van der Waals surface area contributed by atoms with Gasteiger partial charge in [-0.2, -0.15) is 0 Å². The van der Waals surface area contributed by atoms with Crippen LogP contribution in [-0.2, 0) is 0 Å². The first kappa shape index (κ1) is 16.9. The Morgan fingerprint density at radius 3 is 2.05 bits per heavy atom. The fourth-order valence-electron chi connectivity index (χ4n) is 0.983. The van der Waals surface area contributed by atoms with Crippen molar-refractivity contribution in [3.8, 4) is 0 Å². The van der Waals surface area contributed by atoms with E-state index in [0.29, 0.717) is 9.63 Å². The van der Waals surface area contributed by atoms with Crippen molar-refractivity contribution in [2.75, 3.05) is 0 Å². The zero-order valence-electron chi connectivity index (χ0n) is 9.26. The van der Waals surface area contributed by atoms with E-state index in [9.17, 15) is 0 Å². The fourth-order valence-corrected chi connectivity index (χ4v) is 1.88. The summed E-state index contributed by atoms with van der Waals surface area (Å²) in [5.41, 5.74) is 0.244. The van der Waals surface area contributed by atoms with Crippen molar-refractivity contribution in [1.82, 2.24) is 9.97 Å². The van der Waals surface area contributed by atoms with E-state index in [0.717, 1.165) is 4.60 Å². The average molecular weight is 429 g/mol. The summed E-state index contributed by atoms with van der Waals surface area (Å²) in [5.74, 6) is 0. The number of halogens is 4. The van der Waals surface area contributed by atoms with Gasteiger partial charge in [0.2, 0.25) is 0 Å². The van der Waals surface area contributed by atoms with E-state index >= 15 is 0 Å². The van der Waals surface area contributed by atoms with Crippen LogP contribution in [0.3, 0.4) is 0 Å². The van der Waals surface area contributed by atoms with Crippen molar-refractivity contribution in [1.29, 1.82) is 0 Å². The first-order chi connectivity index (χ1) is 8.90. The number of hydrogen-bond donors (Lipinski definition) is 2. The summed E-state index contributed by atoms with van der Waals surface area (Å²) in [5, 5.41) is 18.4. The maximum absolute atomic E-state index is 8.75. The molecule has 0 saturated carbocycles. The number of aromatic nitrogens is 2. The van der Waals surface area contributed by atoms with Gasteiger partial charge in [-0.15, -0.1) is 0 Å². The molecule has 0 spiro atoms. The lowest BCUT2D eigenvalue weighted by atomic mass is 9.81. The highest BCUT2D eigenvalue weighted by Crippen LogP contribution is 2.10. The molecule has 0 saturated heterocycles. The summed E-state index contributed by atoms with van der Waals surface area (Å²) in [6.07, 6.45) is 2.94. The monoisotopic (exact) mass is 426 g/mol. The molecule has 2 N–H and O–H groups in total. The lowest BCUT2D eigenvalue weighted by molar-refractivity contribution is 0.425. The van der Waals surface area contributed by atoms with E-state index in [1.54, 1.807) is 18.3 Å². The number of nitrogens with zero attached hydrogens (tertiary/aromatic N) is 2. The van der Waals surface area contributed by atoms with E-state index in [1.165, 1.54) is 12.3 Å². The number of rotatable bonds is 1. The summed E-state index contributed by atoms with van der Waals surface area (Å²) in [6, 6.07) is 5.02. The molecule has 2 rings (SSSR count). The summed E-state index contributed by atoms with van der Waals surface area (Å²) < 4.78 is 1.33. The van der Waals surface area contributed by atoms with Crippen molar-refractivity contribution in [3.63, 3.8) is 0 Å². The first-order valence-corrected chi connectivity index (χ1v) is 7.18. The zero-order valence-corrected chi connectivity index (χ0v) is 13.9. The highest BCUT2D eigenvalue weighted by Gasteiger charge is 2.15. The van der Waals surface area contributed by atoms with Gasteiger partial charge in [0.25, 0.3) is 0 Å². The van der Waals surface area contributed by atoms with Crippen molar-refractivity contribution in [2.45, 2.75) is 0 Å². The van der Waals surface area contributed by atoms with Gasteiger partial charge in [-0.1, -0.05) is 23.2 Å². The van der Waals surface area contributed by atoms with Crippen LogP contribution in [0.4, 0.5) is 0 Å². The van der Waals surface area contributed by atoms with Gasteiger partial charge >= 0.3 is 7.12 Å². The minimum absolute atomic E-state index is 0.239. The van der Waals surface area contributed by atoms with Crippen LogP contribution in [-0.4, -0.2) is 27.1 Å². The lowest BCUT2D eigenvalue weighted by Gasteiger charge is -2.01. The molecule has 4 nitrogen and oxygen atoms in total. The molecular weight excluding hydrogens is 422 g/mol. The molecule has 9 heteroatoms. The summed E-state index contributed by atoms with van der Waals surface area (Å²) in [4.78, 5) is 7.65. The Morgan fingerprint density at radius 2 is 1.63 bits per heavy atom. The van der Waals surface area contributed by atoms with Crippen LogP contribution >= 0.6 is 55.1 Å². The van der Waals surface area contributed by atoms with Crippen LogP contribution in [0.15, 0.2) is 39.8 Å². The Balaban J connectivity index is 0.000000200. The highest BCUT2D eigenvalue weighted by atomic mass is 79.9. The number of pyridine rings is 2. The maximum atomic E-state index is 8.75. The quantitative estimate of drug-likeness (QED) is 0.541. The second-order valence-electron chi connectivity index (χ2n) is 3.20. The van der Waals surface area contributed by atoms with Gasteiger partial charge in [0.05, 0.1) is 10.0 Å². The van der Waals surface area contributed by atoms with Gasteiger partial charge in [-0.3, -0.25) is 0 Å². The van der Waals surface area contributed by atoms with Crippen LogP contribution in [0.2, 0.25) is 10.0 Å². The second kappa shape index (κ2) is 8.19. The molecule has 0 aliphatic rings. The minimum atomic E-state index is -1.55. The van der Waals surface area contributed by atoms with Gasteiger partial charge in [0.1, 0.15) is 9.21 Å². The Kier molecular flexibility index (Phi) is 7.27. The zero-order chi connectivity index (χ0) is 14.4. The molecule has 0 bridgehead atoms. The third-order valence-electron chi connectivity index (χ3n) is 1.82. The smallest absolute Gasteiger partial charge is 0.423 e. The Hall–Kier alpha value is -0.175. The summed E-state index contributed by atoms with van der Waals surface area (Å²) >= 11 is 17.4. The van der Waals surface area contributed by atoms with E-state index in [2.05, 4.69) is 41.8 Å².